The van der Waals surface area contributed by atoms with Crippen LogP contribution in [0, 0.1) is 12.7 Å². The molecule has 0 bridgehead atoms. The van der Waals surface area contributed by atoms with Gasteiger partial charge in [-0.2, -0.15) is 0 Å². The van der Waals surface area contributed by atoms with E-state index in [4.69, 9.17) is 9.72 Å². The monoisotopic (exact) mass is 548 g/mol. The van der Waals surface area contributed by atoms with Crippen molar-refractivity contribution in [1.82, 2.24) is 19.3 Å². The number of nitrogens with zero attached hydrogens (tertiary/aromatic N) is 4. The van der Waals surface area contributed by atoms with Crippen molar-refractivity contribution < 1.29 is 13.9 Å². The largest absolute Gasteiger partial charge is 0.481 e. The van der Waals surface area contributed by atoms with Gasteiger partial charge in [0.2, 0.25) is 11.8 Å². The number of pyridine rings is 1. The third-order valence-electron chi connectivity index (χ3n) is 6.83. The SMILES string of the molecule is COc1ccc(NC(C)c2cc(C)cc3c(=O)n(C)c(N4Cc5ccc(F)cc5C4)nc23)c(C(=O)NSC)n1. The van der Waals surface area contributed by atoms with Crippen LogP contribution in [0.1, 0.15) is 45.7 Å². The van der Waals surface area contributed by atoms with Crippen molar-refractivity contribution in [2.24, 2.45) is 7.05 Å². The van der Waals surface area contributed by atoms with Gasteiger partial charge < -0.3 is 15.0 Å². The molecule has 1 amide bonds. The van der Waals surface area contributed by atoms with Crippen molar-refractivity contribution >= 4 is 40.4 Å². The van der Waals surface area contributed by atoms with Crippen molar-refractivity contribution in [2.45, 2.75) is 33.0 Å². The summed E-state index contributed by atoms with van der Waals surface area (Å²) >= 11 is 1.18. The number of anilines is 2. The number of rotatable bonds is 7. The van der Waals surface area contributed by atoms with Gasteiger partial charge in [0.1, 0.15) is 5.82 Å². The zero-order valence-electron chi connectivity index (χ0n) is 22.3. The number of carbonyl (C=O) groups is 1. The van der Waals surface area contributed by atoms with Crippen LogP contribution in [0.3, 0.4) is 0 Å². The van der Waals surface area contributed by atoms with E-state index in [1.807, 2.05) is 30.9 Å². The van der Waals surface area contributed by atoms with E-state index in [1.165, 1.54) is 31.2 Å². The molecular formula is C28H29FN6O3S. The Kier molecular flexibility index (Phi) is 7.17. The van der Waals surface area contributed by atoms with Gasteiger partial charge in [0.05, 0.1) is 29.7 Å². The molecule has 5 rings (SSSR count). The highest BCUT2D eigenvalue weighted by Crippen LogP contribution is 2.31. The number of ether oxygens (including phenoxy) is 1. The standard InChI is InChI=1S/C28H29FN6O3S/c1-15-10-20(16(2)30-22-8-9-23(38-4)31-25(22)26(36)33-39-5)24-21(11-15)27(37)34(3)28(32-24)35-13-17-6-7-19(29)12-18(17)14-35/h6-12,16,30H,13-14H2,1-5H3,(H,33,36). The van der Waals surface area contributed by atoms with Crippen LogP contribution in [0.5, 0.6) is 5.88 Å². The first kappa shape index (κ1) is 26.5. The second-order valence-electron chi connectivity index (χ2n) is 9.55. The Hall–Kier alpha value is -4.12. The molecule has 1 aliphatic rings. The highest BCUT2D eigenvalue weighted by molar-refractivity contribution is 7.97. The molecule has 2 aromatic heterocycles. The second-order valence-corrected chi connectivity index (χ2v) is 10.2. The van der Waals surface area contributed by atoms with E-state index < -0.39 is 0 Å². The highest BCUT2D eigenvalue weighted by Gasteiger charge is 2.25. The second kappa shape index (κ2) is 10.6. The Balaban J connectivity index is 1.57. The Morgan fingerprint density at radius 3 is 2.64 bits per heavy atom. The molecule has 1 atom stereocenters. The van der Waals surface area contributed by atoms with Crippen LogP contribution in [-0.4, -0.2) is 33.8 Å². The van der Waals surface area contributed by atoms with Crippen LogP contribution in [-0.2, 0) is 20.1 Å². The number of methoxy groups -OCH3 is 1. The molecule has 0 fully saturated rings. The number of nitrogens with one attached hydrogen (secondary N) is 2. The minimum absolute atomic E-state index is 0.166. The fourth-order valence-electron chi connectivity index (χ4n) is 4.96. The van der Waals surface area contributed by atoms with Crippen molar-refractivity contribution in [3.05, 3.63) is 86.6 Å². The minimum atomic E-state index is -0.357. The van der Waals surface area contributed by atoms with Crippen LogP contribution in [0.15, 0.2) is 47.3 Å². The van der Waals surface area contributed by atoms with E-state index in [1.54, 1.807) is 36.1 Å². The smallest absolute Gasteiger partial charge is 0.281 e. The van der Waals surface area contributed by atoms with Gasteiger partial charge in [0.15, 0.2) is 5.69 Å². The van der Waals surface area contributed by atoms with E-state index in [-0.39, 0.29) is 29.0 Å². The highest BCUT2D eigenvalue weighted by atomic mass is 32.2. The Bertz CT molecular complexity index is 1660. The lowest BCUT2D eigenvalue weighted by atomic mass is 10.0. The number of fused-ring (bicyclic) bond motifs is 2. The van der Waals surface area contributed by atoms with Crippen molar-refractivity contribution in [1.29, 1.82) is 0 Å². The van der Waals surface area contributed by atoms with Gasteiger partial charge in [-0.3, -0.25) is 18.9 Å². The Morgan fingerprint density at radius 1 is 1.13 bits per heavy atom. The molecule has 0 radical (unpaired) electrons. The molecule has 11 heteroatoms. The van der Waals surface area contributed by atoms with Crippen molar-refractivity contribution in [2.75, 3.05) is 23.6 Å². The molecule has 0 saturated carbocycles. The maximum Gasteiger partial charge on any atom is 0.281 e. The fraction of sp³-hybridized carbons (Fsp3) is 0.286. The molecule has 4 aromatic rings. The molecule has 1 unspecified atom stereocenters. The van der Waals surface area contributed by atoms with Crippen LogP contribution in [0.25, 0.3) is 10.9 Å². The lowest BCUT2D eigenvalue weighted by Crippen LogP contribution is -2.28. The van der Waals surface area contributed by atoms with E-state index >= 15 is 0 Å². The Morgan fingerprint density at radius 2 is 1.90 bits per heavy atom. The zero-order chi connectivity index (χ0) is 27.8. The first-order valence-corrected chi connectivity index (χ1v) is 13.6. The summed E-state index contributed by atoms with van der Waals surface area (Å²) in [5.41, 5.74) is 4.72. The first-order chi connectivity index (χ1) is 18.7. The summed E-state index contributed by atoms with van der Waals surface area (Å²) in [6, 6.07) is 11.7. The molecule has 2 aromatic carbocycles. The molecule has 39 heavy (non-hydrogen) atoms. The van der Waals surface area contributed by atoms with Crippen molar-refractivity contribution in [3.63, 3.8) is 0 Å². The van der Waals surface area contributed by atoms with E-state index in [0.29, 0.717) is 41.5 Å². The maximum atomic E-state index is 13.8. The van der Waals surface area contributed by atoms with Crippen molar-refractivity contribution in [3.8, 4) is 5.88 Å². The zero-order valence-corrected chi connectivity index (χ0v) is 23.1. The summed E-state index contributed by atoms with van der Waals surface area (Å²) in [6.07, 6.45) is 1.76. The molecule has 0 spiro atoms. The van der Waals surface area contributed by atoms with Crippen LogP contribution in [0.2, 0.25) is 0 Å². The maximum absolute atomic E-state index is 13.8. The third-order valence-corrected chi connectivity index (χ3v) is 7.22. The molecule has 0 aliphatic carbocycles. The average molecular weight is 549 g/mol. The van der Waals surface area contributed by atoms with Gasteiger partial charge in [-0.15, -0.1) is 0 Å². The molecule has 1 aliphatic heterocycles. The number of halogens is 1. The van der Waals surface area contributed by atoms with Gasteiger partial charge in [-0.25, -0.2) is 14.4 Å². The summed E-state index contributed by atoms with van der Waals surface area (Å²) in [6.45, 7) is 4.87. The van der Waals surface area contributed by atoms with Crippen LogP contribution >= 0.6 is 11.9 Å². The number of benzene rings is 2. The topological polar surface area (TPSA) is 101 Å². The molecular weight excluding hydrogens is 519 g/mol. The summed E-state index contributed by atoms with van der Waals surface area (Å²) in [4.78, 5) is 37.6. The van der Waals surface area contributed by atoms with E-state index in [2.05, 4.69) is 15.0 Å². The molecule has 9 nitrogen and oxygen atoms in total. The molecule has 202 valence electrons. The number of amides is 1. The lowest BCUT2D eigenvalue weighted by molar-refractivity contribution is 0.0979. The summed E-state index contributed by atoms with van der Waals surface area (Å²) < 4.78 is 23.3. The summed E-state index contributed by atoms with van der Waals surface area (Å²) in [5.74, 6) is 0.186. The number of carbonyl (C=O) groups excluding carboxylic acids is 1. The van der Waals surface area contributed by atoms with E-state index in [9.17, 15) is 14.0 Å². The Labute approximate surface area is 229 Å². The average Bonchev–Trinajstić information content (AvgIpc) is 3.33. The van der Waals surface area contributed by atoms with Gasteiger partial charge in [0, 0.05) is 38.0 Å². The summed E-state index contributed by atoms with van der Waals surface area (Å²) in [5, 5.41) is 3.89. The molecule has 3 heterocycles. The lowest BCUT2D eigenvalue weighted by Gasteiger charge is -2.23. The number of hydrogen-bond acceptors (Lipinski definition) is 8. The number of aromatic nitrogens is 3. The third kappa shape index (κ3) is 5.01. The van der Waals surface area contributed by atoms with Gasteiger partial charge in [0.25, 0.3) is 11.5 Å². The van der Waals surface area contributed by atoms with Gasteiger partial charge in [-0.05, 0) is 54.8 Å². The summed E-state index contributed by atoms with van der Waals surface area (Å²) in [7, 11) is 3.20. The fourth-order valence-corrected chi connectivity index (χ4v) is 5.24. The number of hydrogen-bond donors (Lipinski definition) is 2. The quantitative estimate of drug-likeness (QED) is 0.326. The minimum Gasteiger partial charge on any atom is -0.481 e. The van der Waals surface area contributed by atoms with Gasteiger partial charge in [-0.1, -0.05) is 24.1 Å². The molecule has 2 N–H and O–H groups in total. The van der Waals surface area contributed by atoms with Gasteiger partial charge >= 0.3 is 0 Å². The van der Waals surface area contributed by atoms with E-state index in [0.717, 1.165) is 22.3 Å². The predicted octanol–water partition coefficient (Wildman–Crippen LogP) is 4.49. The number of aryl methyl sites for hydroxylation is 1. The predicted molar refractivity (Wildman–Crippen MR) is 152 cm³/mol. The van der Waals surface area contributed by atoms with Crippen LogP contribution in [0.4, 0.5) is 16.0 Å². The molecule has 0 saturated heterocycles. The first-order valence-electron chi connectivity index (χ1n) is 12.4. The van der Waals surface area contributed by atoms with Crippen LogP contribution < -0.4 is 25.2 Å². The normalized spacial score (nSPS) is 13.3.